The van der Waals surface area contributed by atoms with Gasteiger partial charge in [-0.2, -0.15) is 11.8 Å². The number of carboxylic acids is 1. The minimum Gasteiger partial charge on any atom is -0.548 e. The Labute approximate surface area is 129 Å². The first-order valence-corrected chi connectivity index (χ1v) is 7.58. The van der Waals surface area contributed by atoms with Gasteiger partial charge < -0.3 is 15.2 Å². The zero-order valence-corrected chi connectivity index (χ0v) is 12.6. The summed E-state index contributed by atoms with van der Waals surface area (Å²) in [5, 5.41) is 23.9. The molecule has 0 spiro atoms. The summed E-state index contributed by atoms with van der Waals surface area (Å²) in [6.07, 6.45) is 2.00. The Balaban J connectivity index is 2.90. The number of halogens is 1. The van der Waals surface area contributed by atoms with Crippen molar-refractivity contribution in [2.75, 3.05) is 12.0 Å². The van der Waals surface area contributed by atoms with Gasteiger partial charge in [0.05, 0.1) is 16.9 Å². The Hall–Kier alpha value is -1.80. The molecule has 0 aliphatic rings. The molecule has 21 heavy (non-hydrogen) atoms. The fourth-order valence-electron chi connectivity index (χ4n) is 1.52. The van der Waals surface area contributed by atoms with Crippen LogP contribution < -0.4 is 10.4 Å². The molecule has 0 fully saturated rings. The van der Waals surface area contributed by atoms with Gasteiger partial charge in [-0.15, -0.1) is 0 Å². The van der Waals surface area contributed by atoms with Crippen LogP contribution in [0.15, 0.2) is 18.2 Å². The number of aliphatic carboxylic acids is 1. The number of nitro groups is 1. The van der Waals surface area contributed by atoms with Gasteiger partial charge in [-0.3, -0.25) is 14.9 Å². The summed E-state index contributed by atoms with van der Waals surface area (Å²) in [5.41, 5.74) is -0.458. The predicted molar refractivity (Wildman–Crippen MR) is 77.4 cm³/mol. The van der Waals surface area contributed by atoms with Crippen molar-refractivity contribution in [2.24, 2.45) is 0 Å². The molecule has 1 rings (SSSR count). The molecule has 9 heteroatoms. The fraction of sp³-hybridized carbons (Fsp3) is 0.333. The lowest BCUT2D eigenvalue weighted by Crippen LogP contribution is -2.48. The Morgan fingerprint density at radius 2 is 2.14 bits per heavy atom. The Morgan fingerprint density at radius 1 is 1.48 bits per heavy atom. The van der Waals surface area contributed by atoms with Crippen molar-refractivity contribution >= 4 is 40.9 Å². The van der Waals surface area contributed by atoms with Crippen LogP contribution in [0.1, 0.15) is 16.8 Å². The fourth-order valence-corrected chi connectivity index (χ4v) is 2.18. The molecule has 7 nitrogen and oxygen atoms in total. The molecule has 0 saturated heterocycles. The van der Waals surface area contributed by atoms with Crippen molar-refractivity contribution in [3.63, 3.8) is 0 Å². The van der Waals surface area contributed by atoms with Gasteiger partial charge in [0.2, 0.25) is 0 Å². The lowest BCUT2D eigenvalue weighted by Gasteiger charge is -2.19. The van der Waals surface area contributed by atoms with Gasteiger partial charge in [0.25, 0.3) is 11.6 Å². The second kappa shape index (κ2) is 7.84. The van der Waals surface area contributed by atoms with E-state index >= 15 is 0 Å². The van der Waals surface area contributed by atoms with Gasteiger partial charge in [-0.25, -0.2) is 0 Å². The molecule has 1 aromatic carbocycles. The van der Waals surface area contributed by atoms with Crippen molar-refractivity contribution in [3.05, 3.63) is 38.9 Å². The molecule has 1 atom stereocenters. The summed E-state index contributed by atoms with van der Waals surface area (Å²) in [6, 6.07) is 2.34. The highest BCUT2D eigenvalue weighted by Gasteiger charge is 2.19. The molecule has 0 heterocycles. The highest BCUT2D eigenvalue weighted by atomic mass is 35.5. The van der Waals surface area contributed by atoms with Crippen LogP contribution in [0.2, 0.25) is 5.02 Å². The number of nitro benzene ring substituents is 1. The first kappa shape index (κ1) is 17.3. The van der Waals surface area contributed by atoms with Gasteiger partial charge in [0, 0.05) is 11.6 Å². The lowest BCUT2D eigenvalue weighted by atomic mass is 10.1. The molecule has 0 aromatic heterocycles. The van der Waals surface area contributed by atoms with E-state index in [0.29, 0.717) is 5.75 Å². The number of hydrogen-bond donors (Lipinski definition) is 1. The maximum atomic E-state index is 11.9. The minimum atomic E-state index is -1.40. The molecule has 0 saturated carbocycles. The molecule has 0 unspecified atom stereocenters. The second-order valence-electron chi connectivity index (χ2n) is 4.05. The summed E-state index contributed by atoms with van der Waals surface area (Å²) < 4.78 is 0. The topological polar surface area (TPSA) is 112 Å². The van der Waals surface area contributed by atoms with E-state index in [1.54, 1.807) is 6.26 Å². The van der Waals surface area contributed by atoms with Gasteiger partial charge in [-0.1, -0.05) is 11.6 Å². The zero-order chi connectivity index (χ0) is 16.0. The smallest absolute Gasteiger partial charge is 0.288 e. The van der Waals surface area contributed by atoms with E-state index in [4.69, 9.17) is 11.6 Å². The summed E-state index contributed by atoms with van der Waals surface area (Å²) in [5.74, 6) is -1.61. The van der Waals surface area contributed by atoms with Gasteiger partial charge in [0.15, 0.2) is 0 Å². The summed E-state index contributed by atoms with van der Waals surface area (Å²) in [4.78, 5) is 32.9. The molecule has 0 bridgehead atoms. The first-order chi connectivity index (χ1) is 9.86. The van der Waals surface area contributed by atoms with Crippen LogP contribution in [0.3, 0.4) is 0 Å². The molecular formula is C12H12ClN2O5S-. The number of benzene rings is 1. The SMILES string of the molecule is CSCC[C@H](NC(=O)c1ccc(Cl)c([N+](=O)[O-])c1)C(=O)[O-]. The number of nitrogens with zero attached hydrogens (tertiary/aromatic N) is 1. The van der Waals surface area contributed by atoms with Crippen molar-refractivity contribution in [3.8, 4) is 0 Å². The lowest BCUT2D eigenvalue weighted by molar-refractivity contribution is -0.384. The molecule has 1 N–H and O–H groups in total. The van der Waals surface area contributed by atoms with Crippen molar-refractivity contribution < 1.29 is 19.6 Å². The number of thioether (sulfide) groups is 1. The average Bonchev–Trinajstić information content (AvgIpc) is 2.42. The number of carboxylic acid groups (broad SMARTS) is 1. The van der Waals surface area contributed by atoms with E-state index < -0.39 is 28.5 Å². The summed E-state index contributed by atoms with van der Waals surface area (Å²) in [7, 11) is 0. The summed E-state index contributed by atoms with van der Waals surface area (Å²) >= 11 is 7.07. The molecule has 0 aliphatic carbocycles. The average molecular weight is 332 g/mol. The van der Waals surface area contributed by atoms with Crippen LogP contribution in [-0.4, -0.2) is 34.9 Å². The molecular weight excluding hydrogens is 320 g/mol. The molecule has 0 aliphatic heterocycles. The third-order valence-corrected chi connectivity index (χ3v) is 3.57. The maximum Gasteiger partial charge on any atom is 0.288 e. The quantitative estimate of drug-likeness (QED) is 0.585. The third-order valence-electron chi connectivity index (χ3n) is 2.61. The van der Waals surface area contributed by atoms with Crippen molar-refractivity contribution in [2.45, 2.75) is 12.5 Å². The van der Waals surface area contributed by atoms with Crippen molar-refractivity contribution in [1.82, 2.24) is 5.32 Å². The van der Waals surface area contributed by atoms with E-state index in [2.05, 4.69) is 5.32 Å². The normalized spacial score (nSPS) is 11.7. The Morgan fingerprint density at radius 3 is 2.67 bits per heavy atom. The Kier molecular flexibility index (Phi) is 6.44. The maximum absolute atomic E-state index is 11.9. The van der Waals surface area contributed by atoms with Crippen LogP contribution >= 0.6 is 23.4 Å². The van der Waals surface area contributed by atoms with Gasteiger partial charge in [-0.05, 0) is 30.6 Å². The predicted octanol–water partition coefficient (Wildman–Crippen LogP) is 0.850. The standard InChI is InChI=1S/C12H13ClN2O5S/c1-21-5-4-9(12(17)18)14-11(16)7-2-3-8(13)10(6-7)15(19)20/h2-3,6,9H,4-5H2,1H3,(H,14,16)(H,17,18)/p-1/t9-/m0/s1. The first-order valence-electron chi connectivity index (χ1n) is 5.81. The van der Waals surface area contributed by atoms with E-state index in [9.17, 15) is 24.8 Å². The van der Waals surface area contributed by atoms with Crippen LogP contribution in [0.25, 0.3) is 0 Å². The largest absolute Gasteiger partial charge is 0.548 e. The minimum absolute atomic E-state index is 0.0403. The molecule has 0 radical (unpaired) electrons. The van der Waals surface area contributed by atoms with Crippen molar-refractivity contribution in [1.29, 1.82) is 0 Å². The second-order valence-corrected chi connectivity index (χ2v) is 5.44. The van der Waals surface area contributed by atoms with Crippen LogP contribution in [0.5, 0.6) is 0 Å². The number of rotatable bonds is 7. The molecule has 114 valence electrons. The van der Waals surface area contributed by atoms with Crippen LogP contribution in [-0.2, 0) is 4.79 Å². The number of hydrogen-bond acceptors (Lipinski definition) is 6. The number of nitrogens with one attached hydrogen (secondary N) is 1. The van der Waals surface area contributed by atoms with E-state index in [1.165, 1.54) is 23.9 Å². The third kappa shape index (κ3) is 4.91. The van der Waals surface area contributed by atoms with Crippen LogP contribution in [0.4, 0.5) is 5.69 Å². The molecule has 1 amide bonds. The number of carbonyl (C=O) groups is 2. The highest BCUT2D eigenvalue weighted by molar-refractivity contribution is 7.98. The van der Waals surface area contributed by atoms with Crippen LogP contribution in [0, 0.1) is 10.1 Å². The zero-order valence-electron chi connectivity index (χ0n) is 11.0. The Bertz CT molecular complexity index is 567. The van der Waals surface area contributed by atoms with E-state index in [-0.39, 0.29) is 17.0 Å². The van der Waals surface area contributed by atoms with Gasteiger partial charge in [0.1, 0.15) is 5.02 Å². The number of amides is 1. The number of carbonyl (C=O) groups excluding carboxylic acids is 2. The van der Waals surface area contributed by atoms with Gasteiger partial charge >= 0.3 is 0 Å². The summed E-state index contributed by atoms with van der Waals surface area (Å²) in [6.45, 7) is 0. The monoisotopic (exact) mass is 331 g/mol. The van der Waals surface area contributed by atoms with E-state index in [0.717, 1.165) is 6.07 Å². The molecule has 1 aromatic rings. The highest BCUT2D eigenvalue weighted by Crippen LogP contribution is 2.25. The van der Waals surface area contributed by atoms with E-state index in [1.807, 2.05) is 0 Å².